The van der Waals surface area contributed by atoms with Crippen LogP contribution < -0.4 is 5.30 Å². The molecular formula is C11H14NP2S2-. The molecule has 1 aromatic rings. The molecule has 86 valence electrons. The SMILES string of the molecule is CC1C(=S)N(C)C1[S-](=P)=Pc1ccccc1. The zero-order valence-electron chi connectivity index (χ0n) is 9.25. The van der Waals surface area contributed by atoms with Gasteiger partial charge in [0.05, 0.1) is 4.99 Å². The van der Waals surface area contributed by atoms with Gasteiger partial charge in [-0.25, -0.2) is 7.36 Å². The summed E-state index contributed by atoms with van der Waals surface area (Å²) in [5.74, 6) is 0.525. The fourth-order valence-electron chi connectivity index (χ4n) is 1.82. The number of benzene rings is 1. The van der Waals surface area contributed by atoms with Crippen LogP contribution in [0.2, 0.25) is 0 Å². The van der Waals surface area contributed by atoms with Gasteiger partial charge in [0, 0.05) is 13.0 Å². The van der Waals surface area contributed by atoms with Gasteiger partial charge in [-0.1, -0.05) is 49.5 Å². The van der Waals surface area contributed by atoms with Crippen molar-refractivity contribution in [1.29, 1.82) is 0 Å². The lowest BCUT2D eigenvalue weighted by Crippen LogP contribution is -2.56. The Bertz CT molecular complexity index is 468. The molecule has 1 aromatic carbocycles. The Morgan fingerprint density at radius 1 is 1.38 bits per heavy atom. The molecule has 2 atom stereocenters. The van der Waals surface area contributed by atoms with Crippen LogP contribution in [0.15, 0.2) is 30.3 Å². The third kappa shape index (κ3) is 2.33. The Hall–Kier alpha value is 0.0600. The predicted octanol–water partition coefficient (Wildman–Crippen LogP) is 3.08. The molecule has 2 unspecified atom stereocenters. The lowest BCUT2D eigenvalue weighted by molar-refractivity contribution is 0.328. The van der Waals surface area contributed by atoms with E-state index >= 15 is 0 Å². The first-order valence-corrected chi connectivity index (χ1v) is 9.51. The smallest absolute Gasteiger partial charge is 0.0792 e. The highest BCUT2D eigenvalue weighted by Crippen LogP contribution is 2.30. The van der Waals surface area contributed by atoms with E-state index in [4.69, 9.17) is 12.2 Å². The van der Waals surface area contributed by atoms with Gasteiger partial charge in [0.25, 0.3) is 0 Å². The minimum absolute atomic E-state index is 0.156. The number of thiocarbonyl (C=S) groups is 1. The second-order valence-electron chi connectivity index (χ2n) is 3.87. The van der Waals surface area contributed by atoms with E-state index in [0.717, 1.165) is 4.99 Å². The van der Waals surface area contributed by atoms with Gasteiger partial charge in [-0.05, 0) is 10.7 Å². The Morgan fingerprint density at radius 2 is 2.00 bits per heavy atom. The van der Waals surface area contributed by atoms with E-state index in [2.05, 4.69) is 57.2 Å². The molecule has 0 N–H and O–H groups in total. The number of hydrogen-bond donors (Lipinski definition) is 0. The molecule has 5 heteroatoms. The van der Waals surface area contributed by atoms with E-state index in [0.29, 0.717) is 11.3 Å². The zero-order valence-corrected chi connectivity index (χ0v) is 12.8. The first kappa shape index (κ1) is 12.5. The number of likely N-dealkylation sites (tertiary alicyclic amines) is 1. The van der Waals surface area contributed by atoms with Gasteiger partial charge in [0.15, 0.2) is 0 Å². The summed E-state index contributed by atoms with van der Waals surface area (Å²) in [5.41, 5.74) is 0. The van der Waals surface area contributed by atoms with E-state index in [1.807, 2.05) is 0 Å². The number of nitrogens with zero attached hydrogens (tertiary/aromatic N) is 1. The molecule has 0 spiro atoms. The number of rotatable bonds is 2. The van der Waals surface area contributed by atoms with Crippen molar-refractivity contribution in [3.63, 3.8) is 0 Å². The molecule has 1 saturated heterocycles. The molecular weight excluding hydrogens is 272 g/mol. The van der Waals surface area contributed by atoms with Crippen LogP contribution in [0.25, 0.3) is 0 Å². The average Bonchev–Trinajstić information content (AvgIpc) is 2.30. The largest absolute Gasteiger partial charge is 0.399 e. The first-order chi connectivity index (χ1) is 7.61. The minimum Gasteiger partial charge on any atom is -0.399 e. The van der Waals surface area contributed by atoms with Crippen molar-refractivity contribution in [2.24, 2.45) is 5.92 Å². The predicted molar refractivity (Wildman–Crippen MR) is 82.0 cm³/mol. The second kappa shape index (κ2) is 5.14. The van der Waals surface area contributed by atoms with Gasteiger partial charge in [-0.2, -0.15) is 0 Å². The van der Waals surface area contributed by atoms with Crippen LogP contribution in [0.4, 0.5) is 0 Å². The monoisotopic (exact) mass is 286 g/mol. The summed E-state index contributed by atoms with van der Waals surface area (Å²) in [4.78, 5) is 3.30. The summed E-state index contributed by atoms with van der Waals surface area (Å²) in [6, 6.07) is 10.6. The van der Waals surface area contributed by atoms with Crippen LogP contribution in [0, 0.1) is 5.92 Å². The highest BCUT2D eigenvalue weighted by atomic mass is 32.7. The molecule has 0 aromatic heterocycles. The summed E-state index contributed by atoms with van der Waals surface area (Å²) in [6.07, 6.45) is 0. The summed E-state index contributed by atoms with van der Waals surface area (Å²) < 4.78 is 0. The maximum absolute atomic E-state index is 5.30. The van der Waals surface area contributed by atoms with Crippen LogP contribution in [-0.4, -0.2) is 22.3 Å². The van der Waals surface area contributed by atoms with Gasteiger partial charge >= 0.3 is 0 Å². The molecule has 1 heterocycles. The van der Waals surface area contributed by atoms with E-state index in [1.54, 1.807) is 0 Å². The van der Waals surface area contributed by atoms with Crippen molar-refractivity contribution in [2.45, 2.75) is 12.3 Å². The Balaban J connectivity index is 2.21. The zero-order chi connectivity index (χ0) is 11.7. The van der Waals surface area contributed by atoms with Crippen LogP contribution in [0.5, 0.6) is 0 Å². The molecule has 16 heavy (non-hydrogen) atoms. The topological polar surface area (TPSA) is 3.24 Å². The molecule has 0 saturated carbocycles. The molecule has 0 aliphatic carbocycles. The Morgan fingerprint density at radius 3 is 2.56 bits per heavy atom. The highest BCUT2D eigenvalue weighted by molar-refractivity contribution is 8.34. The molecule has 1 aliphatic rings. The van der Waals surface area contributed by atoms with Gasteiger partial charge in [-0.15, -0.1) is 0 Å². The van der Waals surface area contributed by atoms with Crippen molar-refractivity contribution in [3.05, 3.63) is 30.3 Å². The van der Waals surface area contributed by atoms with Gasteiger partial charge < -0.3 is 14.2 Å². The normalized spacial score (nSPS) is 26.6. The summed E-state index contributed by atoms with van der Waals surface area (Å²) in [7, 11) is 7.46. The fourth-order valence-corrected chi connectivity index (χ4v) is 8.15. The molecule has 0 amide bonds. The number of hydrogen-bond acceptors (Lipinski definition) is 2. The summed E-state index contributed by atoms with van der Waals surface area (Å²) in [6.45, 7) is 2.22. The standard InChI is InChI=1S/C11H14NP2S2/c1-8-10(15)12(2)11(8)16(13)14-9-6-4-3-5-7-9/h3-8,11,13H,1-2H3/q-1. The molecule has 1 aliphatic heterocycles. The van der Waals surface area contributed by atoms with Crippen LogP contribution >= 0.6 is 27.6 Å². The van der Waals surface area contributed by atoms with Crippen molar-refractivity contribution in [3.8, 4) is 0 Å². The maximum atomic E-state index is 5.30. The molecule has 0 radical (unpaired) electrons. The van der Waals surface area contributed by atoms with Crippen LogP contribution in [0.3, 0.4) is 0 Å². The van der Waals surface area contributed by atoms with Crippen molar-refractivity contribution in [1.82, 2.24) is 4.90 Å². The summed E-state index contributed by atoms with van der Waals surface area (Å²) in [5, 5.41) is 1.91. The Labute approximate surface area is 107 Å². The molecule has 2 rings (SSSR count). The summed E-state index contributed by atoms with van der Waals surface area (Å²) >= 11 is 5.30. The fraction of sp³-hybridized carbons (Fsp3) is 0.364. The van der Waals surface area contributed by atoms with Gasteiger partial charge in [0.2, 0.25) is 0 Å². The molecule has 1 nitrogen and oxygen atoms in total. The van der Waals surface area contributed by atoms with Crippen molar-refractivity contribution < 1.29 is 0 Å². The lowest BCUT2D eigenvalue weighted by atomic mass is 10.0. The first-order valence-electron chi connectivity index (χ1n) is 5.09. The maximum Gasteiger partial charge on any atom is 0.0792 e. The van der Waals surface area contributed by atoms with Crippen LogP contribution in [-0.2, 0) is 9.25 Å². The third-order valence-electron chi connectivity index (χ3n) is 2.74. The second-order valence-corrected chi connectivity index (χ2v) is 10.2. The van der Waals surface area contributed by atoms with Gasteiger partial charge in [0.1, 0.15) is 0 Å². The molecule has 0 bridgehead atoms. The van der Waals surface area contributed by atoms with E-state index in [1.165, 1.54) is 12.7 Å². The van der Waals surface area contributed by atoms with E-state index < -0.39 is 0 Å². The highest BCUT2D eigenvalue weighted by Gasteiger charge is 2.31. The Kier molecular flexibility index (Phi) is 4.02. The van der Waals surface area contributed by atoms with Crippen molar-refractivity contribution in [2.75, 3.05) is 7.05 Å². The average molecular weight is 286 g/mol. The lowest BCUT2D eigenvalue weighted by Gasteiger charge is -2.52. The molecule has 1 fully saturated rings. The van der Waals surface area contributed by atoms with Crippen LogP contribution in [0.1, 0.15) is 6.92 Å². The van der Waals surface area contributed by atoms with Crippen molar-refractivity contribution >= 4 is 47.1 Å². The van der Waals surface area contributed by atoms with E-state index in [-0.39, 0.29) is 9.25 Å². The quantitative estimate of drug-likeness (QED) is 0.467. The van der Waals surface area contributed by atoms with Gasteiger partial charge in [-0.3, -0.25) is 8.02 Å². The third-order valence-corrected chi connectivity index (χ3v) is 8.70. The minimum atomic E-state index is 0.156. The van der Waals surface area contributed by atoms with E-state index in [9.17, 15) is 0 Å².